The fourth-order valence-electron chi connectivity index (χ4n) is 0.650. The van der Waals surface area contributed by atoms with E-state index in [-0.39, 0.29) is 21.7 Å². The van der Waals surface area contributed by atoms with E-state index >= 15 is 0 Å². The molecular weight excluding hydrogens is 132 g/mol. The fraction of sp³-hybridized carbons (Fsp3) is 0.286. The summed E-state index contributed by atoms with van der Waals surface area (Å²) in [6, 6.07) is 8.41. The molecule has 0 nitrogen and oxygen atoms in total. The average Bonchev–Trinajstić information content (AvgIpc) is 2.14. The molecular formula is C7H9Ti-. The van der Waals surface area contributed by atoms with Gasteiger partial charge in [0.15, 0.2) is 0 Å². The molecule has 0 N–H and O–H groups in total. The molecule has 0 heterocycles. The van der Waals surface area contributed by atoms with E-state index in [9.17, 15) is 0 Å². The van der Waals surface area contributed by atoms with Crippen LogP contribution in [0.5, 0.6) is 0 Å². The summed E-state index contributed by atoms with van der Waals surface area (Å²) < 4.78 is 0. The number of hydrogen-bond donors (Lipinski definition) is 0. The van der Waals surface area contributed by atoms with E-state index in [2.05, 4.69) is 31.2 Å². The van der Waals surface area contributed by atoms with Crippen molar-refractivity contribution in [1.82, 2.24) is 0 Å². The summed E-state index contributed by atoms with van der Waals surface area (Å²) in [4.78, 5) is 0. The van der Waals surface area contributed by atoms with Crippen LogP contribution in [0.1, 0.15) is 12.5 Å². The molecule has 0 spiro atoms. The first-order chi connectivity index (χ1) is 3.43. The molecule has 1 aromatic carbocycles. The Morgan fingerprint density at radius 3 is 2.00 bits per heavy atom. The molecule has 0 aliphatic carbocycles. The summed E-state index contributed by atoms with van der Waals surface area (Å²) in [5, 5.41) is 0. The topological polar surface area (TPSA) is 0 Å². The second kappa shape index (κ2) is 3.99. The van der Waals surface area contributed by atoms with Crippen molar-refractivity contribution in [3.8, 4) is 0 Å². The predicted molar refractivity (Wildman–Crippen MR) is 31.4 cm³/mol. The van der Waals surface area contributed by atoms with Crippen LogP contribution in [0.25, 0.3) is 0 Å². The Morgan fingerprint density at radius 1 is 1.25 bits per heavy atom. The van der Waals surface area contributed by atoms with Crippen molar-refractivity contribution in [3.05, 3.63) is 29.8 Å². The van der Waals surface area contributed by atoms with Crippen LogP contribution in [0.2, 0.25) is 0 Å². The van der Waals surface area contributed by atoms with Gasteiger partial charge in [0, 0.05) is 21.7 Å². The summed E-state index contributed by atoms with van der Waals surface area (Å²) >= 11 is 0. The maximum atomic E-state index is 2.16. The minimum absolute atomic E-state index is 0. The predicted octanol–water partition coefficient (Wildman–Crippen LogP) is 1.97. The molecule has 8 heavy (non-hydrogen) atoms. The monoisotopic (exact) mass is 141 g/mol. The molecule has 0 aromatic heterocycles. The van der Waals surface area contributed by atoms with E-state index in [0.29, 0.717) is 0 Å². The van der Waals surface area contributed by atoms with E-state index in [1.165, 1.54) is 5.56 Å². The van der Waals surface area contributed by atoms with Crippen molar-refractivity contribution in [2.24, 2.45) is 0 Å². The molecule has 0 radical (unpaired) electrons. The van der Waals surface area contributed by atoms with Gasteiger partial charge in [0.25, 0.3) is 0 Å². The van der Waals surface area contributed by atoms with Crippen LogP contribution in [0.4, 0.5) is 0 Å². The molecule has 0 fully saturated rings. The second-order valence-electron chi connectivity index (χ2n) is 1.65. The fourth-order valence-corrected chi connectivity index (χ4v) is 0.650. The van der Waals surface area contributed by atoms with Gasteiger partial charge in [-0.15, -0.1) is 0 Å². The Kier molecular flexibility index (Phi) is 4.03. The Hall–Kier alpha value is 0.0643. The molecule has 42 valence electrons. The number of aryl methyl sites for hydroxylation is 1. The van der Waals surface area contributed by atoms with Gasteiger partial charge in [0.05, 0.1) is 0 Å². The van der Waals surface area contributed by atoms with Crippen molar-refractivity contribution in [2.75, 3.05) is 0 Å². The largest absolute Gasteiger partial charge is 0.213 e. The average molecular weight is 141 g/mol. The summed E-state index contributed by atoms with van der Waals surface area (Å²) in [5.74, 6) is 0. The van der Waals surface area contributed by atoms with Gasteiger partial charge < -0.3 is 0 Å². The Bertz CT molecular complexity index is 119. The van der Waals surface area contributed by atoms with Gasteiger partial charge in [-0.1, -0.05) is 13.3 Å². The number of rotatable bonds is 1. The van der Waals surface area contributed by atoms with Crippen molar-refractivity contribution < 1.29 is 21.7 Å². The molecule has 0 saturated heterocycles. The minimum atomic E-state index is 0. The van der Waals surface area contributed by atoms with E-state index in [1.54, 1.807) is 0 Å². The number of hydrogen-bond acceptors (Lipinski definition) is 0. The second-order valence-corrected chi connectivity index (χ2v) is 1.65. The van der Waals surface area contributed by atoms with Gasteiger partial charge in [-0.3, -0.25) is 0 Å². The van der Waals surface area contributed by atoms with Crippen LogP contribution in [-0.2, 0) is 28.1 Å². The smallest absolute Gasteiger partial charge is 0 e. The first kappa shape index (κ1) is 8.06. The summed E-state index contributed by atoms with van der Waals surface area (Å²) in [7, 11) is 0. The molecule has 0 aliphatic heterocycles. The quantitative estimate of drug-likeness (QED) is 0.414. The van der Waals surface area contributed by atoms with Crippen LogP contribution in [0.15, 0.2) is 24.3 Å². The molecule has 1 aromatic rings. The standard InChI is InChI=1S/C7H9.Ti/c1-2-7-5-3-4-6-7;/h3-6H,2H2,1H3;/q-1;. The van der Waals surface area contributed by atoms with Crippen LogP contribution in [0, 0.1) is 0 Å². The van der Waals surface area contributed by atoms with Crippen LogP contribution >= 0.6 is 0 Å². The summed E-state index contributed by atoms with van der Waals surface area (Å²) in [6.07, 6.45) is 1.16. The van der Waals surface area contributed by atoms with E-state index in [1.807, 2.05) is 0 Å². The zero-order chi connectivity index (χ0) is 5.11. The normalized spacial score (nSPS) is 8.12. The van der Waals surface area contributed by atoms with Gasteiger partial charge >= 0.3 is 0 Å². The molecule has 0 atom stereocenters. The third kappa shape index (κ3) is 1.89. The molecule has 0 aliphatic rings. The van der Waals surface area contributed by atoms with Gasteiger partial charge in [-0.2, -0.15) is 17.7 Å². The van der Waals surface area contributed by atoms with Crippen LogP contribution < -0.4 is 0 Å². The Labute approximate surface area is 65.2 Å². The van der Waals surface area contributed by atoms with Crippen LogP contribution in [-0.4, -0.2) is 0 Å². The maximum Gasteiger partial charge on any atom is 0 e. The maximum absolute atomic E-state index is 2.16. The van der Waals surface area contributed by atoms with Crippen molar-refractivity contribution in [1.29, 1.82) is 0 Å². The summed E-state index contributed by atoms with van der Waals surface area (Å²) in [6.45, 7) is 2.16. The molecule has 0 bridgehead atoms. The van der Waals surface area contributed by atoms with Gasteiger partial charge in [-0.25, -0.2) is 12.1 Å². The zero-order valence-electron chi connectivity index (χ0n) is 5.02. The Morgan fingerprint density at radius 2 is 1.75 bits per heavy atom. The SMILES string of the molecule is CC[c-]1cccc1.[Ti]. The zero-order valence-corrected chi connectivity index (χ0v) is 6.58. The first-order valence-corrected chi connectivity index (χ1v) is 2.64. The van der Waals surface area contributed by atoms with Crippen molar-refractivity contribution in [2.45, 2.75) is 13.3 Å². The third-order valence-corrected chi connectivity index (χ3v) is 1.14. The van der Waals surface area contributed by atoms with Crippen molar-refractivity contribution in [3.63, 3.8) is 0 Å². The van der Waals surface area contributed by atoms with Gasteiger partial charge in [0.1, 0.15) is 0 Å². The van der Waals surface area contributed by atoms with Gasteiger partial charge in [0.2, 0.25) is 0 Å². The molecule has 0 unspecified atom stereocenters. The van der Waals surface area contributed by atoms with Crippen LogP contribution in [0.3, 0.4) is 0 Å². The van der Waals surface area contributed by atoms with E-state index in [0.717, 1.165) is 6.42 Å². The third-order valence-electron chi connectivity index (χ3n) is 1.14. The van der Waals surface area contributed by atoms with Gasteiger partial charge in [-0.05, 0) is 0 Å². The van der Waals surface area contributed by atoms with E-state index < -0.39 is 0 Å². The first-order valence-electron chi connectivity index (χ1n) is 2.64. The molecule has 0 saturated carbocycles. The molecule has 1 heteroatoms. The van der Waals surface area contributed by atoms with Crippen molar-refractivity contribution >= 4 is 0 Å². The molecule has 0 amide bonds. The molecule has 1 rings (SSSR count). The van der Waals surface area contributed by atoms with E-state index in [4.69, 9.17) is 0 Å². The minimum Gasteiger partial charge on any atom is -0.213 e. The Balaban J connectivity index is 0.000000490. The summed E-state index contributed by atoms with van der Waals surface area (Å²) in [5.41, 5.74) is 1.43.